The Balaban J connectivity index is 1.49. The SMILES string of the molecule is O=C(Nc1cccnc1)N1CCC(C2OCCO2)CC1. The first-order valence-corrected chi connectivity index (χ1v) is 7.02. The van der Waals surface area contributed by atoms with Crippen molar-refractivity contribution in [3.05, 3.63) is 24.5 Å². The molecule has 1 aromatic rings. The van der Waals surface area contributed by atoms with Crippen molar-refractivity contribution < 1.29 is 14.3 Å². The van der Waals surface area contributed by atoms with Crippen molar-refractivity contribution in [1.82, 2.24) is 9.88 Å². The first-order chi connectivity index (χ1) is 9.83. The second-order valence-corrected chi connectivity index (χ2v) is 5.11. The van der Waals surface area contributed by atoms with Crippen LogP contribution in [-0.4, -0.2) is 48.5 Å². The Kier molecular flexibility index (Phi) is 4.13. The lowest BCUT2D eigenvalue weighted by Gasteiger charge is -2.33. The van der Waals surface area contributed by atoms with Crippen LogP contribution in [0.4, 0.5) is 10.5 Å². The first kappa shape index (κ1) is 13.3. The van der Waals surface area contributed by atoms with Gasteiger partial charge in [-0.3, -0.25) is 4.98 Å². The summed E-state index contributed by atoms with van der Waals surface area (Å²) >= 11 is 0. The molecule has 108 valence electrons. The van der Waals surface area contributed by atoms with Gasteiger partial charge in [-0.1, -0.05) is 0 Å². The van der Waals surface area contributed by atoms with Gasteiger partial charge in [0.15, 0.2) is 6.29 Å². The monoisotopic (exact) mass is 277 g/mol. The molecule has 2 aliphatic heterocycles. The largest absolute Gasteiger partial charge is 0.350 e. The number of amides is 2. The number of rotatable bonds is 2. The standard InChI is InChI=1S/C14H19N3O3/c18-14(16-12-2-1-5-15-10-12)17-6-3-11(4-7-17)13-19-8-9-20-13/h1-2,5,10-11,13H,3-4,6-9H2,(H,16,18). The molecule has 6 heteroatoms. The first-order valence-electron chi connectivity index (χ1n) is 7.02. The van der Waals surface area contributed by atoms with E-state index in [0.717, 1.165) is 31.6 Å². The molecule has 0 radical (unpaired) electrons. The van der Waals surface area contributed by atoms with E-state index in [1.165, 1.54) is 0 Å². The van der Waals surface area contributed by atoms with Gasteiger partial charge in [-0.2, -0.15) is 0 Å². The van der Waals surface area contributed by atoms with Crippen LogP contribution in [0.5, 0.6) is 0 Å². The fourth-order valence-corrected chi connectivity index (χ4v) is 2.66. The third-order valence-corrected chi connectivity index (χ3v) is 3.77. The quantitative estimate of drug-likeness (QED) is 0.893. The van der Waals surface area contributed by atoms with Gasteiger partial charge in [0, 0.05) is 25.2 Å². The number of piperidine rings is 1. The Morgan fingerprint density at radius 2 is 2.05 bits per heavy atom. The minimum absolute atomic E-state index is 0.0651. The van der Waals surface area contributed by atoms with Gasteiger partial charge in [0.1, 0.15) is 0 Å². The Morgan fingerprint density at radius 1 is 1.30 bits per heavy atom. The normalized spacial score (nSPS) is 21.1. The molecular formula is C14H19N3O3. The van der Waals surface area contributed by atoms with Crippen LogP contribution >= 0.6 is 0 Å². The van der Waals surface area contributed by atoms with E-state index < -0.39 is 0 Å². The third kappa shape index (κ3) is 3.08. The number of likely N-dealkylation sites (tertiary alicyclic amines) is 1. The summed E-state index contributed by atoms with van der Waals surface area (Å²) in [5.41, 5.74) is 0.724. The lowest BCUT2D eigenvalue weighted by Crippen LogP contribution is -2.43. The number of hydrogen-bond donors (Lipinski definition) is 1. The molecule has 0 atom stereocenters. The molecule has 0 saturated carbocycles. The van der Waals surface area contributed by atoms with Crippen LogP contribution in [0, 0.1) is 5.92 Å². The van der Waals surface area contributed by atoms with Crippen molar-refractivity contribution in [2.24, 2.45) is 5.92 Å². The molecule has 2 fully saturated rings. The number of nitrogens with one attached hydrogen (secondary N) is 1. The zero-order valence-corrected chi connectivity index (χ0v) is 11.3. The van der Waals surface area contributed by atoms with Crippen molar-refractivity contribution in [1.29, 1.82) is 0 Å². The molecule has 1 aromatic heterocycles. The zero-order valence-electron chi connectivity index (χ0n) is 11.3. The highest BCUT2D eigenvalue weighted by Gasteiger charge is 2.31. The van der Waals surface area contributed by atoms with E-state index in [1.54, 1.807) is 18.5 Å². The Bertz CT molecular complexity index is 440. The predicted molar refractivity (Wildman–Crippen MR) is 73.2 cm³/mol. The molecule has 2 amide bonds. The van der Waals surface area contributed by atoms with Crippen LogP contribution in [0.15, 0.2) is 24.5 Å². The third-order valence-electron chi connectivity index (χ3n) is 3.77. The number of hydrogen-bond acceptors (Lipinski definition) is 4. The van der Waals surface area contributed by atoms with Crippen molar-refractivity contribution >= 4 is 11.7 Å². The number of anilines is 1. The molecule has 0 aromatic carbocycles. The van der Waals surface area contributed by atoms with Gasteiger partial charge in [-0.25, -0.2) is 4.79 Å². The van der Waals surface area contributed by atoms with Gasteiger partial charge in [0.25, 0.3) is 0 Å². The summed E-state index contributed by atoms with van der Waals surface area (Å²) in [6, 6.07) is 3.57. The highest BCUT2D eigenvalue weighted by Crippen LogP contribution is 2.26. The number of urea groups is 1. The summed E-state index contributed by atoms with van der Waals surface area (Å²) < 4.78 is 11.1. The highest BCUT2D eigenvalue weighted by atomic mass is 16.7. The van der Waals surface area contributed by atoms with E-state index in [2.05, 4.69) is 10.3 Å². The number of nitrogens with zero attached hydrogens (tertiary/aromatic N) is 2. The fraction of sp³-hybridized carbons (Fsp3) is 0.571. The molecule has 20 heavy (non-hydrogen) atoms. The highest BCUT2D eigenvalue weighted by molar-refractivity contribution is 5.89. The van der Waals surface area contributed by atoms with E-state index in [0.29, 0.717) is 19.1 Å². The van der Waals surface area contributed by atoms with E-state index >= 15 is 0 Å². The molecule has 2 saturated heterocycles. The minimum Gasteiger partial charge on any atom is -0.350 e. The Labute approximate surface area is 118 Å². The number of carbonyl (C=O) groups excluding carboxylic acids is 1. The van der Waals surface area contributed by atoms with E-state index in [-0.39, 0.29) is 12.3 Å². The number of carbonyl (C=O) groups is 1. The summed E-state index contributed by atoms with van der Waals surface area (Å²) in [5, 5.41) is 2.86. The molecule has 0 unspecified atom stereocenters. The zero-order chi connectivity index (χ0) is 13.8. The molecule has 0 spiro atoms. The van der Waals surface area contributed by atoms with Crippen molar-refractivity contribution in [2.75, 3.05) is 31.6 Å². The predicted octanol–water partition coefficient (Wildman–Crippen LogP) is 1.70. The second-order valence-electron chi connectivity index (χ2n) is 5.11. The van der Waals surface area contributed by atoms with Gasteiger partial charge < -0.3 is 19.7 Å². The Hall–Kier alpha value is -1.66. The maximum Gasteiger partial charge on any atom is 0.321 e. The smallest absolute Gasteiger partial charge is 0.321 e. The topological polar surface area (TPSA) is 63.7 Å². The molecular weight excluding hydrogens is 258 g/mol. The number of pyridine rings is 1. The van der Waals surface area contributed by atoms with E-state index in [9.17, 15) is 4.79 Å². The average molecular weight is 277 g/mol. The average Bonchev–Trinajstić information content (AvgIpc) is 3.03. The second kappa shape index (κ2) is 6.19. The van der Waals surface area contributed by atoms with Gasteiger partial charge in [-0.05, 0) is 25.0 Å². The van der Waals surface area contributed by atoms with Gasteiger partial charge in [-0.15, -0.1) is 0 Å². The van der Waals surface area contributed by atoms with Crippen LogP contribution in [0.25, 0.3) is 0 Å². The molecule has 2 aliphatic rings. The summed E-state index contributed by atoms with van der Waals surface area (Å²) in [5.74, 6) is 0.403. The summed E-state index contributed by atoms with van der Waals surface area (Å²) in [6.45, 7) is 2.85. The van der Waals surface area contributed by atoms with Gasteiger partial charge in [0.2, 0.25) is 0 Å². The van der Waals surface area contributed by atoms with E-state index in [1.807, 2.05) is 11.0 Å². The number of aromatic nitrogens is 1. The maximum absolute atomic E-state index is 12.1. The van der Waals surface area contributed by atoms with Crippen LogP contribution in [0.1, 0.15) is 12.8 Å². The van der Waals surface area contributed by atoms with Crippen LogP contribution in [0.3, 0.4) is 0 Å². The van der Waals surface area contributed by atoms with E-state index in [4.69, 9.17) is 9.47 Å². The molecule has 1 N–H and O–H groups in total. The van der Waals surface area contributed by atoms with Gasteiger partial charge >= 0.3 is 6.03 Å². The lowest BCUT2D eigenvalue weighted by molar-refractivity contribution is -0.0950. The van der Waals surface area contributed by atoms with Crippen molar-refractivity contribution in [3.8, 4) is 0 Å². The molecule has 6 nitrogen and oxygen atoms in total. The van der Waals surface area contributed by atoms with Crippen molar-refractivity contribution in [2.45, 2.75) is 19.1 Å². The lowest BCUT2D eigenvalue weighted by atomic mass is 9.96. The molecule has 3 heterocycles. The summed E-state index contributed by atoms with van der Waals surface area (Å²) in [6.07, 6.45) is 5.10. The van der Waals surface area contributed by atoms with Crippen LogP contribution in [-0.2, 0) is 9.47 Å². The maximum atomic E-state index is 12.1. The molecule has 3 rings (SSSR count). The van der Waals surface area contributed by atoms with Gasteiger partial charge in [0.05, 0.1) is 25.1 Å². The van der Waals surface area contributed by atoms with Crippen LogP contribution < -0.4 is 5.32 Å². The fourth-order valence-electron chi connectivity index (χ4n) is 2.66. The Morgan fingerprint density at radius 3 is 2.70 bits per heavy atom. The molecule has 0 bridgehead atoms. The summed E-state index contributed by atoms with van der Waals surface area (Å²) in [7, 11) is 0. The van der Waals surface area contributed by atoms with Crippen LogP contribution in [0.2, 0.25) is 0 Å². The minimum atomic E-state index is -0.0708. The van der Waals surface area contributed by atoms with Crippen molar-refractivity contribution in [3.63, 3.8) is 0 Å². The number of ether oxygens (including phenoxy) is 2. The molecule has 0 aliphatic carbocycles. The summed E-state index contributed by atoms with van der Waals surface area (Å²) in [4.78, 5) is 17.9.